The van der Waals surface area contributed by atoms with Crippen molar-refractivity contribution in [2.45, 2.75) is 34.1 Å². The van der Waals surface area contributed by atoms with Crippen molar-refractivity contribution in [1.82, 2.24) is 25.7 Å². The zero-order chi connectivity index (χ0) is 16.5. The highest BCUT2D eigenvalue weighted by atomic mass is 35.5. The summed E-state index contributed by atoms with van der Waals surface area (Å²) in [6.07, 6.45) is 2.68. The predicted molar refractivity (Wildman–Crippen MR) is 99.6 cm³/mol. The lowest BCUT2D eigenvalue weighted by Gasteiger charge is -2.31. The zero-order valence-electron chi connectivity index (χ0n) is 13.7. The fraction of sp³-hybridized carbons (Fsp3) is 0.529. The Hall–Kier alpha value is -1.79. The lowest BCUT2D eigenvalue weighted by atomic mass is 10.2. The van der Waals surface area contributed by atoms with Gasteiger partial charge in [0.05, 0.1) is 11.4 Å². The van der Waals surface area contributed by atoms with Crippen molar-refractivity contribution in [2.24, 2.45) is 0 Å². The Balaban J connectivity index is 0.000000195. The quantitative estimate of drug-likeness (QED) is 0.852. The van der Waals surface area contributed by atoms with Crippen LogP contribution in [-0.4, -0.2) is 46.6 Å². The van der Waals surface area contributed by atoms with E-state index in [9.17, 15) is 0 Å². The Labute approximate surface area is 149 Å². The number of halogens is 1. The van der Waals surface area contributed by atoms with Crippen LogP contribution in [0.3, 0.4) is 0 Å². The molecule has 2 aliphatic rings. The van der Waals surface area contributed by atoms with Gasteiger partial charge in [-0.2, -0.15) is 10.2 Å². The molecule has 132 valence electrons. The summed E-state index contributed by atoms with van der Waals surface area (Å²) in [7, 11) is 0. The minimum atomic E-state index is 0. The topological polar surface area (TPSA) is 66.8 Å². The zero-order valence-corrected chi connectivity index (χ0v) is 14.4. The number of rotatable bonds is 1. The first-order valence-corrected chi connectivity index (χ1v) is 8.25. The number of hydrogen-bond acceptors (Lipinski definition) is 6. The molecule has 2 aromatic heterocycles. The van der Waals surface area contributed by atoms with Crippen molar-refractivity contribution in [3.8, 4) is 0 Å². The van der Waals surface area contributed by atoms with Crippen LogP contribution in [0.25, 0.3) is 0 Å². The van der Waals surface area contributed by atoms with E-state index in [-0.39, 0.29) is 7.43 Å². The van der Waals surface area contributed by atoms with Crippen molar-refractivity contribution in [2.75, 3.05) is 31.1 Å². The predicted octanol–water partition coefficient (Wildman–Crippen LogP) is 3.05. The summed E-state index contributed by atoms with van der Waals surface area (Å²) in [6, 6.07) is 7.56. The van der Waals surface area contributed by atoms with Crippen molar-refractivity contribution >= 4 is 17.4 Å². The fourth-order valence-corrected chi connectivity index (χ4v) is 1.77. The van der Waals surface area contributed by atoms with E-state index < -0.39 is 0 Å². The first-order valence-electron chi connectivity index (χ1n) is 7.87. The molecule has 2 fully saturated rings. The Morgan fingerprint density at radius 3 is 1.71 bits per heavy atom. The van der Waals surface area contributed by atoms with Gasteiger partial charge in [-0.1, -0.05) is 19.0 Å². The second kappa shape index (κ2) is 10.9. The lowest BCUT2D eigenvalue weighted by Crippen LogP contribution is -2.37. The van der Waals surface area contributed by atoms with Gasteiger partial charge in [-0.3, -0.25) is 0 Å². The van der Waals surface area contributed by atoms with Gasteiger partial charge in [-0.05, 0) is 64.0 Å². The molecule has 24 heavy (non-hydrogen) atoms. The second-order valence-electron chi connectivity index (χ2n) is 5.47. The number of anilines is 1. The molecule has 0 saturated carbocycles. The Morgan fingerprint density at radius 2 is 1.42 bits per heavy atom. The fourth-order valence-electron chi connectivity index (χ4n) is 1.67. The number of hydrogen-bond donors (Lipinski definition) is 1. The molecule has 2 saturated heterocycles. The third-order valence-corrected chi connectivity index (χ3v) is 3.64. The van der Waals surface area contributed by atoms with Crippen LogP contribution in [0.2, 0.25) is 5.15 Å². The van der Waals surface area contributed by atoms with Crippen molar-refractivity contribution in [3.05, 3.63) is 40.8 Å². The number of nitrogens with one attached hydrogen (secondary N) is 1. The van der Waals surface area contributed by atoms with Gasteiger partial charge in [-0.25, -0.2) is 0 Å². The molecule has 0 spiro atoms. The van der Waals surface area contributed by atoms with Gasteiger partial charge in [0.2, 0.25) is 0 Å². The van der Waals surface area contributed by atoms with Crippen LogP contribution in [0.5, 0.6) is 0 Å². The Bertz CT molecular complexity index is 540. The lowest BCUT2D eigenvalue weighted by molar-refractivity contribution is 0.527. The van der Waals surface area contributed by atoms with E-state index in [1.54, 1.807) is 6.07 Å². The molecule has 0 amide bonds. The van der Waals surface area contributed by atoms with E-state index in [0.717, 1.165) is 30.3 Å². The monoisotopic (exact) mass is 350 g/mol. The standard InChI is InChI=1S/C8H11N3.C5H5ClN2.C3H7N.CH4/c1-7-3-4-8(10-9-7)11-5-2-6-11;1-4-2-3-5(6)8-7-4;1-2-4-3-1;/h3-4H,2,5-6H2,1H3;2-3H,1H3;4H,1-3H2;1H4. The SMILES string of the molecule is C.C1CNC1.Cc1ccc(Cl)nn1.Cc1ccc(N2CCC2)nn1. The first-order chi connectivity index (χ1) is 11.1. The molecule has 0 bridgehead atoms. The molecular weight excluding hydrogens is 324 g/mol. The molecule has 7 heteroatoms. The van der Waals surface area contributed by atoms with Gasteiger partial charge in [0.15, 0.2) is 11.0 Å². The van der Waals surface area contributed by atoms with E-state index in [2.05, 4.69) is 30.6 Å². The normalized spacial score (nSPS) is 14.5. The summed E-state index contributed by atoms with van der Waals surface area (Å²) in [4.78, 5) is 2.23. The Kier molecular flexibility index (Phi) is 9.19. The van der Waals surface area contributed by atoms with E-state index in [4.69, 9.17) is 11.6 Å². The average Bonchev–Trinajstić information content (AvgIpc) is 2.42. The van der Waals surface area contributed by atoms with Crippen LogP contribution in [0.1, 0.15) is 31.7 Å². The minimum Gasteiger partial charge on any atom is -0.355 e. The van der Waals surface area contributed by atoms with Crippen LogP contribution in [0.15, 0.2) is 24.3 Å². The summed E-state index contributed by atoms with van der Waals surface area (Å²) in [5, 5.41) is 18.9. The molecule has 0 radical (unpaired) electrons. The van der Waals surface area contributed by atoms with Crippen molar-refractivity contribution in [3.63, 3.8) is 0 Å². The van der Waals surface area contributed by atoms with Gasteiger partial charge in [0, 0.05) is 13.1 Å². The van der Waals surface area contributed by atoms with E-state index in [0.29, 0.717) is 5.15 Å². The molecule has 2 aromatic rings. The second-order valence-corrected chi connectivity index (χ2v) is 5.86. The molecule has 0 unspecified atom stereocenters. The highest BCUT2D eigenvalue weighted by Gasteiger charge is 2.15. The van der Waals surface area contributed by atoms with Crippen LogP contribution < -0.4 is 10.2 Å². The van der Waals surface area contributed by atoms with Crippen molar-refractivity contribution in [1.29, 1.82) is 0 Å². The molecule has 4 rings (SSSR count). The smallest absolute Gasteiger partial charge is 0.151 e. The highest BCUT2D eigenvalue weighted by Crippen LogP contribution is 2.15. The molecule has 6 nitrogen and oxygen atoms in total. The molecule has 2 aliphatic heterocycles. The van der Waals surface area contributed by atoms with Crippen LogP contribution in [-0.2, 0) is 0 Å². The summed E-state index contributed by atoms with van der Waals surface area (Å²) < 4.78 is 0. The van der Waals surface area contributed by atoms with Gasteiger partial charge in [0.1, 0.15) is 0 Å². The molecule has 0 atom stereocenters. The summed E-state index contributed by atoms with van der Waals surface area (Å²) in [5.74, 6) is 1.02. The number of aromatic nitrogens is 4. The van der Waals surface area contributed by atoms with Gasteiger partial charge in [-0.15, -0.1) is 10.2 Å². The molecule has 0 aromatic carbocycles. The molecule has 1 N–H and O–H groups in total. The number of nitrogens with zero attached hydrogens (tertiary/aromatic N) is 5. The third kappa shape index (κ3) is 7.19. The largest absolute Gasteiger partial charge is 0.355 e. The van der Waals surface area contributed by atoms with Gasteiger partial charge >= 0.3 is 0 Å². The molecule has 4 heterocycles. The van der Waals surface area contributed by atoms with Crippen LogP contribution in [0.4, 0.5) is 5.82 Å². The van der Waals surface area contributed by atoms with Crippen LogP contribution in [0, 0.1) is 13.8 Å². The summed E-state index contributed by atoms with van der Waals surface area (Å²) in [6.45, 7) is 8.59. The maximum Gasteiger partial charge on any atom is 0.151 e. The maximum absolute atomic E-state index is 5.44. The highest BCUT2D eigenvalue weighted by molar-refractivity contribution is 6.29. The summed E-state index contributed by atoms with van der Waals surface area (Å²) >= 11 is 5.44. The average molecular weight is 351 g/mol. The van der Waals surface area contributed by atoms with Gasteiger partial charge in [0.25, 0.3) is 0 Å². The van der Waals surface area contributed by atoms with E-state index in [1.807, 2.05) is 32.0 Å². The van der Waals surface area contributed by atoms with E-state index in [1.165, 1.54) is 25.9 Å². The Morgan fingerprint density at radius 1 is 0.875 bits per heavy atom. The summed E-state index contributed by atoms with van der Waals surface area (Å²) in [5.41, 5.74) is 1.86. The third-order valence-electron chi connectivity index (χ3n) is 3.44. The number of aryl methyl sites for hydroxylation is 2. The van der Waals surface area contributed by atoms with E-state index >= 15 is 0 Å². The molecular formula is C17H27ClN6. The minimum absolute atomic E-state index is 0. The van der Waals surface area contributed by atoms with Gasteiger partial charge < -0.3 is 10.2 Å². The maximum atomic E-state index is 5.44. The van der Waals surface area contributed by atoms with Crippen LogP contribution >= 0.6 is 11.6 Å². The molecule has 0 aliphatic carbocycles. The first kappa shape index (κ1) is 20.3. The van der Waals surface area contributed by atoms with Crippen molar-refractivity contribution < 1.29 is 0 Å².